The molecule has 5 heteroatoms. The average Bonchev–Trinajstić information content (AvgIpc) is 2.14. The summed E-state index contributed by atoms with van der Waals surface area (Å²) >= 11 is 4.79. The highest BCUT2D eigenvalue weighted by atomic mass is 79.9. The van der Waals surface area contributed by atoms with Crippen molar-refractivity contribution in [1.29, 1.82) is 0 Å². The van der Waals surface area contributed by atoms with Crippen molar-refractivity contribution in [2.45, 2.75) is 6.54 Å². The van der Waals surface area contributed by atoms with Crippen LogP contribution in [0.5, 0.6) is 0 Å². The first kappa shape index (κ1) is 9.36. The average molecular weight is 230 g/mol. The third kappa shape index (κ3) is 2.62. The summed E-state index contributed by atoms with van der Waals surface area (Å²) in [6.07, 6.45) is 1.77. The maximum atomic E-state index is 5.31. The van der Waals surface area contributed by atoms with Crippen LogP contribution in [-0.4, -0.2) is 4.98 Å². The maximum Gasteiger partial charge on any atom is 0.159 e. The fourth-order valence-corrected chi connectivity index (χ4v) is 1.61. The van der Waals surface area contributed by atoms with E-state index in [1.165, 1.54) is 0 Å². The Morgan fingerprint density at radius 1 is 1.78 bits per heavy atom. The van der Waals surface area contributed by atoms with Gasteiger partial charge in [-0.1, -0.05) is 0 Å². The molecule has 9 heavy (non-hydrogen) atoms. The van der Waals surface area contributed by atoms with Crippen LogP contribution in [-0.2, 0) is 6.54 Å². The van der Waals surface area contributed by atoms with Gasteiger partial charge < -0.3 is 5.73 Å². The van der Waals surface area contributed by atoms with E-state index in [1.807, 2.05) is 0 Å². The van der Waals surface area contributed by atoms with Gasteiger partial charge in [-0.15, -0.1) is 23.7 Å². The third-order valence-corrected chi connectivity index (χ3v) is 2.23. The fraction of sp³-hybridized carbons (Fsp3) is 0.250. The van der Waals surface area contributed by atoms with Crippen molar-refractivity contribution in [3.8, 4) is 0 Å². The van der Waals surface area contributed by atoms with E-state index in [1.54, 1.807) is 17.5 Å². The van der Waals surface area contributed by atoms with E-state index in [0.717, 1.165) is 8.79 Å². The van der Waals surface area contributed by atoms with Gasteiger partial charge in [-0.2, -0.15) is 0 Å². The number of halogens is 2. The number of thiazole rings is 1. The SMILES string of the molecule is Cl.NCc1cnc(Br)s1. The van der Waals surface area contributed by atoms with Gasteiger partial charge in [0.05, 0.1) is 0 Å². The number of rotatable bonds is 1. The van der Waals surface area contributed by atoms with Crippen LogP contribution >= 0.6 is 39.7 Å². The first-order valence-electron chi connectivity index (χ1n) is 2.13. The first-order chi connectivity index (χ1) is 3.83. The normalized spacial score (nSPS) is 8.67. The molecule has 0 unspecified atom stereocenters. The summed E-state index contributed by atoms with van der Waals surface area (Å²) in [5, 5.41) is 0. The number of hydrogen-bond acceptors (Lipinski definition) is 3. The summed E-state index contributed by atoms with van der Waals surface area (Å²) in [5.74, 6) is 0. The van der Waals surface area contributed by atoms with Crippen LogP contribution in [0.1, 0.15) is 4.88 Å². The molecule has 1 aromatic heterocycles. The van der Waals surface area contributed by atoms with Crippen molar-refractivity contribution in [2.24, 2.45) is 5.73 Å². The molecule has 0 aromatic carbocycles. The summed E-state index contributed by atoms with van der Waals surface area (Å²) in [6.45, 7) is 0.587. The molecule has 2 nitrogen and oxygen atoms in total. The second-order valence-corrected chi connectivity index (χ2v) is 3.67. The predicted molar refractivity (Wildman–Crippen MR) is 45.0 cm³/mol. The molecule has 0 bridgehead atoms. The van der Waals surface area contributed by atoms with Crippen LogP contribution in [0.25, 0.3) is 0 Å². The lowest BCUT2D eigenvalue weighted by molar-refractivity contribution is 1.09. The zero-order valence-electron chi connectivity index (χ0n) is 4.50. The smallest absolute Gasteiger partial charge is 0.159 e. The highest BCUT2D eigenvalue weighted by Crippen LogP contribution is 2.17. The molecule has 2 N–H and O–H groups in total. The van der Waals surface area contributed by atoms with Gasteiger partial charge in [-0.3, -0.25) is 0 Å². The monoisotopic (exact) mass is 228 g/mol. The van der Waals surface area contributed by atoms with Gasteiger partial charge in [-0.05, 0) is 15.9 Å². The van der Waals surface area contributed by atoms with Crippen LogP contribution < -0.4 is 5.73 Å². The summed E-state index contributed by atoms with van der Waals surface area (Å²) in [4.78, 5) is 5.05. The molecule has 0 saturated carbocycles. The summed E-state index contributed by atoms with van der Waals surface area (Å²) in [6, 6.07) is 0. The molecular weight excluding hydrogens is 223 g/mol. The van der Waals surface area contributed by atoms with Gasteiger partial charge in [0.15, 0.2) is 3.92 Å². The van der Waals surface area contributed by atoms with Crippen LogP contribution in [0, 0.1) is 0 Å². The van der Waals surface area contributed by atoms with Gasteiger partial charge in [0.25, 0.3) is 0 Å². The Morgan fingerprint density at radius 2 is 2.44 bits per heavy atom. The van der Waals surface area contributed by atoms with E-state index < -0.39 is 0 Å². The number of aromatic nitrogens is 1. The maximum absolute atomic E-state index is 5.31. The lowest BCUT2D eigenvalue weighted by Gasteiger charge is -1.78. The Labute approximate surface area is 72.0 Å². The summed E-state index contributed by atoms with van der Waals surface area (Å²) in [7, 11) is 0. The number of nitrogens with two attached hydrogens (primary N) is 1. The van der Waals surface area contributed by atoms with Gasteiger partial charge >= 0.3 is 0 Å². The second kappa shape index (κ2) is 4.22. The van der Waals surface area contributed by atoms with E-state index in [-0.39, 0.29) is 12.4 Å². The molecule has 1 aromatic rings. The number of nitrogens with zero attached hydrogens (tertiary/aromatic N) is 1. The highest BCUT2D eigenvalue weighted by Gasteiger charge is 1.92. The van der Waals surface area contributed by atoms with Crippen molar-refractivity contribution in [2.75, 3.05) is 0 Å². The third-order valence-electron chi connectivity index (χ3n) is 0.727. The van der Waals surface area contributed by atoms with E-state index in [4.69, 9.17) is 5.73 Å². The highest BCUT2D eigenvalue weighted by molar-refractivity contribution is 9.11. The Bertz CT molecular complexity index is 179. The topological polar surface area (TPSA) is 38.9 Å². The van der Waals surface area contributed by atoms with Gasteiger partial charge in [0.2, 0.25) is 0 Å². The van der Waals surface area contributed by atoms with Crippen LogP contribution in [0.2, 0.25) is 0 Å². The lowest BCUT2D eigenvalue weighted by atomic mass is 10.6. The van der Waals surface area contributed by atoms with E-state index in [0.29, 0.717) is 6.54 Å². The molecule has 0 atom stereocenters. The molecular formula is C4H6BrClN2S. The Morgan fingerprint density at radius 3 is 2.67 bits per heavy atom. The van der Waals surface area contributed by atoms with Gasteiger partial charge in [-0.25, -0.2) is 4.98 Å². The second-order valence-electron chi connectivity index (χ2n) is 1.28. The minimum Gasteiger partial charge on any atom is -0.326 e. The largest absolute Gasteiger partial charge is 0.326 e. The lowest BCUT2D eigenvalue weighted by Crippen LogP contribution is -1.91. The molecule has 0 aliphatic heterocycles. The van der Waals surface area contributed by atoms with Gasteiger partial charge in [0, 0.05) is 17.6 Å². The van der Waals surface area contributed by atoms with Crippen molar-refractivity contribution in [3.63, 3.8) is 0 Å². The van der Waals surface area contributed by atoms with Crippen molar-refractivity contribution in [1.82, 2.24) is 4.98 Å². The summed E-state index contributed by atoms with van der Waals surface area (Å²) in [5.41, 5.74) is 5.31. The molecule has 0 saturated heterocycles. The molecule has 0 fully saturated rings. The molecule has 0 aliphatic rings. The Hall–Kier alpha value is 0.360. The molecule has 1 rings (SSSR count). The summed E-state index contributed by atoms with van der Waals surface area (Å²) < 4.78 is 0.901. The molecule has 1 heterocycles. The van der Waals surface area contributed by atoms with E-state index in [2.05, 4.69) is 20.9 Å². The van der Waals surface area contributed by atoms with Crippen molar-refractivity contribution >= 4 is 39.7 Å². The van der Waals surface area contributed by atoms with Gasteiger partial charge in [0.1, 0.15) is 0 Å². The van der Waals surface area contributed by atoms with Crippen molar-refractivity contribution < 1.29 is 0 Å². The van der Waals surface area contributed by atoms with Crippen LogP contribution in [0.4, 0.5) is 0 Å². The predicted octanol–water partition coefficient (Wildman–Crippen LogP) is 1.79. The minimum atomic E-state index is 0. The van der Waals surface area contributed by atoms with Crippen LogP contribution in [0.15, 0.2) is 10.1 Å². The zero-order valence-corrected chi connectivity index (χ0v) is 7.72. The first-order valence-corrected chi connectivity index (χ1v) is 3.74. The van der Waals surface area contributed by atoms with Crippen molar-refractivity contribution in [3.05, 3.63) is 15.0 Å². The molecule has 0 amide bonds. The van der Waals surface area contributed by atoms with Crippen LogP contribution in [0.3, 0.4) is 0 Å². The molecule has 52 valence electrons. The standard InChI is InChI=1S/C4H5BrN2S.ClH/c5-4-7-2-3(1-6)8-4;/h2H,1,6H2;1H. The zero-order chi connectivity index (χ0) is 5.98. The van der Waals surface area contributed by atoms with E-state index in [9.17, 15) is 0 Å². The number of hydrogen-bond donors (Lipinski definition) is 1. The Balaban J connectivity index is 0.000000640. The molecule has 0 radical (unpaired) electrons. The fourth-order valence-electron chi connectivity index (χ4n) is 0.378. The molecule has 0 spiro atoms. The Kier molecular flexibility index (Phi) is 4.39. The minimum absolute atomic E-state index is 0. The van der Waals surface area contributed by atoms with E-state index >= 15 is 0 Å². The quantitative estimate of drug-likeness (QED) is 0.797. The molecule has 0 aliphatic carbocycles.